The van der Waals surface area contributed by atoms with Gasteiger partial charge in [0.2, 0.25) is 0 Å². The largest absolute Gasteiger partial charge is 0.198 e. The molecule has 0 N–H and O–H groups in total. The highest BCUT2D eigenvalue weighted by atomic mass is 14.3. The molecule has 0 bridgehead atoms. The lowest BCUT2D eigenvalue weighted by atomic mass is 10.0. The molecule has 0 aromatic rings. The van der Waals surface area contributed by atoms with E-state index in [0.29, 0.717) is 12.0 Å². The molecule has 0 rings (SSSR count). The van der Waals surface area contributed by atoms with Crippen molar-refractivity contribution in [1.29, 1.82) is 15.8 Å². The van der Waals surface area contributed by atoms with Gasteiger partial charge in [-0.05, 0) is 0 Å². The van der Waals surface area contributed by atoms with Gasteiger partial charge in [-0.15, -0.1) is 0 Å². The van der Waals surface area contributed by atoms with Gasteiger partial charge in [-0.3, -0.25) is 0 Å². The molecule has 0 aliphatic carbocycles. The molecule has 0 aromatic carbocycles. The summed E-state index contributed by atoms with van der Waals surface area (Å²) in [6.07, 6.45) is 2.99. The van der Waals surface area contributed by atoms with Gasteiger partial charge in [0, 0.05) is 18.1 Å². The summed E-state index contributed by atoms with van der Waals surface area (Å²) in [6.45, 7) is 3.44. The van der Waals surface area contributed by atoms with E-state index in [1.165, 1.54) is 12.2 Å². The predicted octanol–water partition coefficient (Wildman–Crippen LogP) is 1.68. The Morgan fingerprint density at radius 2 is 2.08 bits per heavy atom. The van der Waals surface area contributed by atoms with Crippen LogP contribution in [0.5, 0.6) is 0 Å². The van der Waals surface area contributed by atoms with Crippen molar-refractivity contribution < 1.29 is 0 Å². The Labute approximate surface area is 71.5 Å². The predicted molar refractivity (Wildman–Crippen MR) is 43.2 cm³/mol. The fourth-order valence-electron chi connectivity index (χ4n) is 0.627. The van der Waals surface area contributed by atoms with Gasteiger partial charge < -0.3 is 0 Å². The van der Waals surface area contributed by atoms with E-state index in [1.807, 2.05) is 12.1 Å². The van der Waals surface area contributed by atoms with Crippen molar-refractivity contribution in [2.45, 2.75) is 6.42 Å². The first-order valence-corrected chi connectivity index (χ1v) is 3.28. The molecule has 0 radical (unpaired) electrons. The highest BCUT2D eigenvalue weighted by molar-refractivity contribution is 5.21. The van der Waals surface area contributed by atoms with Crippen LogP contribution in [0.4, 0.5) is 0 Å². The van der Waals surface area contributed by atoms with Crippen molar-refractivity contribution in [2.24, 2.45) is 5.92 Å². The molecular formula is C9H7N3. The van der Waals surface area contributed by atoms with Crippen LogP contribution in [0.25, 0.3) is 0 Å². The molecule has 12 heavy (non-hydrogen) atoms. The van der Waals surface area contributed by atoms with Crippen LogP contribution in [-0.4, -0.2) is 0 Å². The molecule has 1 unspecified atom stereocenters. The zero-order chi connectivity index (χ0) is 9.40. The number of nitriles is 3. The van der Waals surface area contributed by atoms with E-state index in [-0.39, 0.29) is 0 Å². The Morgan fingerprint density at radius 3 is 2.50 bits per heavy atom. The molecule has 0 aliphatic heterocycles. The standard InChI is InChI=1S/C9H7N3/c1-8(6-11)5-9(7-12)3-2-4-10/h2-3,9H,1,5H2. The number of hydrogen-bond acceptors (Lipinski definition) is 3. The van der Waals surface area contributed by atoms with Crippen molar-refractivity contribution in [1.82, 2.24) is 0 Å². The third-order valence-electron chi connectivity index (χ3n) is 1.19. The van der Waals surface area contributed by atoms with E-state index in [4.69, 9.17) is 15.8 Å². The SMILES string of the molecule is C=C(C#N)CC(C#N)C=CC#N. The van der Waals surface area contributed by atoms with Crippen LogP contribution < -0.4 is 0 Å². The summed E-state index contributed by atoms with van der Waals surface area (Å²) < 4.78 is 0. The van der Waals surface area contributed by atoms with Crippen LogP contribution in [0, 0.1) is 39.9 Å². The minimum Gasteiger partial charge on any atom is -0.198 e. The van der Waals surface area contributed by atoms with Crippen LogP contribution in [0.2, 0.25) is 0 Å². The summed E-state index contributed by atoms with van der Waals surface area (Å²) >= 11 is 0. The summed E-state index contributed by atoms with van der Waals surface area (Å²) in [5, 5.41) is 25.1. The highest BCUT2D eigenvalue weighted by Gasteiger charge is 2.03. The van der Waals surface area contributed by atoms with Gasteiger partial charge >= 0.3 is 0 Å². The average molecular weight is 157 g/mol. The fraction of sp³-hybridized carbons (Fsp3) is 0.222. The van der Waals surface area contributed by atoms with Crippen LogP contribution >= 0.6 is 0 Å². The summed E-state index contributed by atoms with van der Waals surface area (Å²) in [4.78, 5) is 0. The van der Waals surface area contributed by atoms with E-state index in [0.717, 1.165) is 0 Å². The molecule has 0 saturated heterocycles. The van der Waals surface area contributed by atoms with Crippen molar-refractivity contribution in [3.63, 3.8) is 0 Å². The van der Waals surface area contributed by atoms with Gasteiger partial charge in [-0.1, -0.05) is 12.7 Å². The van der Waals surface area contributed by atoms with E-state index in [9.17, 15) is 0 Å². The number of nitrogens with zero attached hydrogens (tertiary/aromatic N) is 3. The first-order chi connectivity index (χ1) is 5.74. The molecule has 0 heterocycles. The van der Waals surface area contributed by atoms with Crippen molar-refractivity contribution >= 4 is 0 Å². The van der Waals surface area contributed by atoms with Crippen molar-refractivity contribution in [2.75, 3.05) is 0 Å². The molecule has 0 spiro atoms. The van der Waals surface area contributed by atoms with Crippen molar-refractivity contribution in [3.05, 3.63) is 24.3 Å². The molecule has 58 valence electrons. The lowest BCUT2D eigenvalue weighted by Crippen LogP contribution is -1.92. The highest BCUT2D eigenvalue weighted by Crippen LogP contribution is 2.09. The Balaban J connectivity index is 4.16. The molecule has 0 saturated carbocycles. The van der Waals surface area contributed by atoms with Crippen molar-refractivity contribution in [3.8, 4) is 18.2 Å². The molecule has 0 aliphatic rings. The minimum atomic E-state index is -0.420. The summed E-state index contributed by atoms with van der Waals surface area (Å²) in [7, 11) is 0. The molecule has 0 amide bonds. The van der Waals surface area contributed by atoms with Gasteiger partial charge in [0.25, 0.3) is 0 Å². The van der Waals surface area contributed by atoms with Gasteiger partial charge in [-0.25, -0.2) is 0 Å². The number of rotatable bonds is 3. The lowest BCUT2D eigenvalue weighted by molar-refractivity contribution is 0.828. The van der Waals surface area contributed by atoms with E-state index < -0.39 is 5.92 Å². The third-order valence-corrected chi connectivity index (χ3v) is 1.19. The molecule has 3 heteroatoms. The van der Waals surface area contributed by atoms with Crippen LogP contribution in [-0.2, 0) is 0 Å². The molecular weight excluding hydrogens is 150 g/mol. The maximum Gasteiger partial charge on any atom is 0.0941 e. The monoisotopic (exact) mass is 157 g/mol. The topological polar surface area (TPSA) is 71.4 Å². The van der Waals surface area contributed by atoms with Gasteiger partial charge in [-0.2, -0.15) is 15.8 Å². The zero-order valence-electron chi connectivity index (χ0n) is 6.49. The maximum atomic E-state index is 8.54. The molecule has 3 nitrogen and oxygen atoms in total. The normalized spacial score (nSPS) is 11.1. The minimum absolute atomic E-state index is 0.297. The Hall–Kier alpha value is -2.05. The second kappa shape index (κ2) is 5.71. The number of hydrogen-bond donors (Lipinski definition) is 0. The molecule has 1 atom stereocenters. The van der Waals surface area contributed by atoms with E-state index >= 15 is 0 Å². The zero-order valence-corrected chi connectivity index (χ0v) is 6.49. The van der Waals surface area contributed by atoms with Crippen LogP contribution in [0.15, 0.2) is 24.3 Å². The first-order valence-electron chi connectivity index (χ1n) is 3.28. The van der Waals surface area contributed by atoms with Gasteiger partial charge in [0.05, 0.1) is 24.1 Å². The first kappa shape index (κ1) is 9.95. The average Bonchev–Trinajstić information content (AvgIpc) is 2.11. The summed E-state index contributed by atoms with van der Waals surface area (Å²) in [5.74, 6) is -0.420. The maximum absolute atomic E-state index is 8.54. The Bertz CT molecular complexity index is 306. The second-order valence-corrected chi connectivity index (χ2v) is 2.14. The smallest absolute Gasteiger partial charge is 0.0941 e. The lowest BCUT2D eigenvalue weighted by Gasteiger charge is -1.97. The summed E-state index contributed by atoms with van der Waals surface area (Å²) in [6, 6.07) is 5.58. The fourth-order valence-corrected chi connectivity index (χ4v) is 0.627. The van der Waals surface area contributed by atoms with Crippen LogP contribution in [0.1, 0.15) is 6.42 Å². The Kier molecular flexibility index (Phi) is 4.74. The van der Waals surface area contributed by atoms with Crippen LogP contribution in [0.3, 0.4) is 0 Å². The Morgan fingerprint density at radius 1 is 1.42 bits per heavy atom. The third kappa shape index (κ3) is 3.88. The number of allylic oxidation sites excluding steroid dienone is 3. The molecule has 0 aromatic heterocycles. The van der Waals surface area contributed by atoms with E-state index in [2.05, 4.69) is 6.58 Å². The summed E-state index contributed by atoms with van der Waals surface area (Å²) in [5.41, 5.74) is 0.351. The second-order valence-electron chi connectivity index (χ2n) is 2.14. The quantitative estimate of drug-likeness (QED) is 0.585. The van der Waals surface area contributed by atoms with E-state index in [1.54, 1.807) is 6.07 Å². The van der Waals surface area contributed by atoms with Gasteiger partial charge in [0.15, 0.2) is 0 Å². The van der Waals surface area contributed by atoms with Gasteiger partial charge in [0.1, 0.15) is 0 Å². The molecule has 0 fully saturated rings.